The second kappa shape index (κ2) is 7.83. The predicted molar refractivity (Wildman–Crippen MR) is 38.9 cm³/mol. The van der Waals surface area contributed by atoms with Gasteiger partial charge >= 0.3 is 6.16 Å². The van der Waals surface area contributed by atoms with Crippen LogP contribution in [0.4, 0.5) is 4.79 Å². The molecule has 0 saturated carbocycles. The van der Waals surface area contributed by atoms with E-state index in [0.29, 0.717) is 5.92 Å². The summed E-state index contributed by atoms with van der Waals surface area (Å²) in [6, 6.07) is 0. The van der Waals surface area contributed by atoms with Crippen LogP contribution in [0.3, 0.4) is 0 Å². The van der Waals surface area contributed by atoms with Crippen molar-refractivity contribution < 1.29 is 15.0 Å². The van der Waals surface area contributed by atoms with Gasteiger partial charge in [-0.05, 0) is 5.92 Å². The lowest BCUT2D eigenvalue weighted by Gasteiger charge is -1.90. The smallest absolute Gasteiger partial charge is 0.450 e. The van der Waals surface area contributed by atoms with Gasteiger partial charge in [-0.2, -0.15) is 0 Å². The van der Waals surface area contributed by atoms with Crippen LogP contribution in [0, 0.1) is 18.3 Å². The third-order valence-corrected chi connectivity index (χ3v) is 0.526. The molecule has 0 fully saturated rings. The van der Waals surface area contributed by atoms with Gasteiger partial charge in [-0.1, -0.05) is 13.8 Å². The van der Waals surface area contributed by atoms with Crippen molar-refractivity contribution in [1.29, 1.82) is 0 Å². The molecule has 0 aromatic carbocycles. The standard InChI is InChI=1S/C6H10.CH2O3/c1-4-5-6(2)3;2-1(3)4/h1,6H,5H2,2-3H3;(H2,2,3,4). The van der Waals surface area contributed by atoms with E-state index in [1.807, 2.05) is 0 Å². The fourth-order valence-corrected chi connectivity index (χ4v) is 0.236. The fourth-order valence-electron chi connectivity index (χ4n) is 0.236. The van der Waals surface area contributed by atoms with Crippen LogP contribution >= 0.6 is 0 Å². The SMILES string of the molecule is C#CCC(C)C.O=C(O)O. The fraction of sp³-hybridized carbons (Fsp3) is 0.571. The van der Waals surface area contributed by atoms with Gasteiger partial charge < -0.3 is 10.2 Å². The highest BCUT2D eigenvalue weighted by Crippen LogP contribution is 1.94. The van der Waals surface area contributed by atoms with Gasteiger partial charge in [0.1, 0.15) is 0 Å². The van der Waals surface area contributed by atoms with E-state index in [0.717, 1.165) is 6.42 Å². The molecule has 0 radical (unpaired) electrons. The van der Waals surface area contributed by atoms with Crippen LogP contribution in [-0.2, 0) is 0 Å². The molecule has 2 N–H and O–H groups in total. The number of carboxylic acid groups (broad SMARTS) is 2. The van der Waals surface area contributed by atoms with Crippen molar-refractivity contribution in [1.82, 2.24) is 0 Å². The van der Waals surface area contributed by atoms with Gasteiger partial charge in [0, 0.05) is 6.42 Å². The van der Waals surface area contributed by atoms with Crippen molar-refractivity contribution in [2.24, 2.45) is 5.92 Å². The van der Waals surface area contributed by atoms with Crippen LogP contribution in [0.15, 0.2) is 0 Å². The molecule has 0 atom stereocenters. The number of carbonyl (C=O) groups is 1. The molecule has 10 heavy (non-hydrogen) atoms. The summed E-state index contributed by atoms with van der Waals surface area (Å²) in [6.07, 6.45) is 4.05. The molecule has 0 aliphatic heterocycles. The average Bonchev–Trinajstić information content (AvgIpc) is 1.62. The van der Waals surface area contributed by atoms with Gasteiger partial charge in [0.15, 0.2) is 0 Å². The summed E-state index contributed by atoms with van der Waals surface area (Å²) < 4.78 is 0. The number of rotatable bonds is 1. The zero-order chi connectivity index (χ0) is 8.57. The first-order chi connectivity index (χ1) is 4.50. The first-order valence-electron chi connectivity index (χ1n) is 2.86. The molecule has 0 amide bonds. The second-order valence-corrected chi connectivity index (χ2v) is 2.08. The van der Waals surface area contributed by atoms with Gasteiger partial charge in [0.05, 0.1) is 0 Å². The molecular formula is C7H12O3. The molecule has 0 spiro atoms. The lowest BCUT2D eigenvalue weighted by atomic mass is 10.1. The maximum absolute atomic E-state index is 8.56. The van der Waals surface area contributed by atoms with Crippen molar-refractivity contribution in [3.63, 3.8) is 0 Å². The Kier molecular flexibility index (Phi) is 9.09. The minimum atomic E-state index is -1.83. The Bertz CT molecular complexity index is 117. The average molecular weight is 144 g/mol. The molecule has 0 unspecified atom stereocenters. The van der Waals surface area contributed by atoms with Gasteiger partial charge in [0.25, 0.3) is 0 Å². The first-order valence-corrected chi connectivity index (χ1v) is 2.86. The van der Waals surface area contributed by atoms with E-state index >= 15 is 0 Å². The van der Waals surface area contributed by atoms with E-state index in [2.05, 4.69) is 19.8 Å². The molecule has 3 nitrogen and oxygen atoms in total. The molecule has 0 aromatic rings. The van der Waals surface area contributed by atoms with Gasteiger partial charge in [-0.25, -0.2) is 4.79 Å². The van der Waals surface area contributed by atoms with Crippen LogP contribution in [0.5, 0.6) is 0 Å². The Hall–Kier alpha value is -1.17. The largest absolute Gasteiger partial charge is 0.503 e. The Labute approximate surface area is 60.7 Å². The minimum Gasteiger partial charge on any atom is -0.450 e. The van der Waals surface area contributed by atoms with Crippen LogP contribution in [0.25, 0.3) is 0 Å². The minimum absolute atomic E-state index is 0.662. The van der Waals surface area contributed by atoms with Crippen molar-refractivity contribution in [2.75, 3.05) is 0 Å². The molecule has 0 bridgehead atoms. The quantitative estimate of drug-likeness (QED) is 0.552. The summed E-state index contributed by atoms with van der Waals surface area (Å²) in [5.41, 5.74) is 0. The van der Waals surface area contributed by atoms with E-state index in [4.69, 9.17) is 21.4 Å². The zero-order valence-electron chi connectivity index (χ0n) is 6.16. The van der Waals surface area contributed by atoms with Crippen LogP contribution in [0.1, 0.15) is 20.3 Å². The monoisotopic (exact) mass is 144 g/mol. The highest BCUT2D eigenvalue weighted by molar-refractivity contribution is 5.53. The van der Waals surface area contributed by atoms with Gasteiger partial charge in [0.2, 0.25) is 0 Å². The zero-order valence-corrected chi connectivity index (χ0v) is 6.16. The number of terminal acetylenes is 1. The molecule has 0 aliphatic rings. The molecule has 58 valence electrons. The Morgan fingerprint density at radius 2 is 1.90 bits per heavy atom. The van der Waals surface area contributed by atoms with Gasteiger partial charge in [-0.3, -0.25) is 0 Å². The van der Waals surface area contributed by atoms with Crippen molar-refractivity contribution in [3.8, 4) is 12.3 Å². The number of hydrogen-bond donors (Lipinski definition) is 2. The topological polar surface area (TPSA) is 57.5 Å². The summed E-state index contributed by atoms with van der Waals surface area (Å²) in [6.45, 7) is 4.22. The molecule has 0 heterocycles. The van der Waals surface area contributed by atoms with Gasteiger partial charge in [-0.15, -0.1) is 12.3 Å². The highest BCUT2D eigenvalue weighted by atomic mass is 16.6. The normalized spacial score (nSPS) is 7.40. The lowest BCUT2D eigenvalue weighted by Crippen LogP contribution is -1.81. The first kappa shape index (κ1) is 11.6. The Morgan fingerprint density at radius 3 is 1.90 bits per heavy atom. The van der Waals surface area contributed by atoms with E-state index in [-0.39, 0.29) is 0 Å². The highest BCUT2D eigenvalue weighted by Gasteiger charge is 1.83. The maximum atomic E-state index is 8.56. The maximum Gasteiger partial charge on any atom is 0.503 e. The summed E-state index contributed by atoms with van der Waals surface area (Å²) in [5, 5.41) is 13.9. The van der Waals surface area contributed by atoms with E-state index < -0.39 is 6.16 Å². The number of hydrogen-bond acceptors (Lipinski definition) is 1. The van der Waals surface area contributed by atoms with Crippen LogP contribution < -0.4 is 0 Å². The van der Waals surface area contributed by atoms with Crippen LogP contribution in [-0.4, -0.2) is 16.4 Å². The molecule has 0 saturated heterocycles. The molecule has 0 aromatic heterocycles. The van der Waals surface area contributed by atoms with Crippen molar-refractivity contribution >= 4 is 6.16 Å². The molecule has 0 rings (SSSR count). The van der Waals surface area contributed by atoms with E-state index in [9.17, 15) is 0 Å². The van der Waals surface area contributed by atoms with Crippen molar-refractivity contribution in [2.45, 2.75) is 20.3 Å². The summed E-state index contributed by atoms with van der Waals surface area (Å²) in [4.78, 5) is 8.56. The lowest BCUT2D eigenvalue weighted by molar-refractivity contribution is 0.137. The van der Waals surface area contributed by atoms with E-state index in [1.165, 1.54) is 0 Å². The molecular weight excluding hydrogens is 132 g/mol. The second-order valence-electron chi connectivity index (χ2n) is 2.08. The molecule has 3 heteroatoms. The predicted octanol–water partition coefficient (Wildman–Crippen LogP) is 1.89. The third kappa shape index (κ3) is 69.3. The van der Waals surface area contributed by atoms with E-state index in [1.54, 1.807) is 0 Å². The summed E-state index contributed by atoms with van der Waals surface area (Å²) in [5.74, 6) is 3.23. The van der Waals surface area contributed by atoms with Crippen molar-refractivity contribution in [3.05, 3.63) is 0 Å². The summed E-state index contributed by atoms with van der Waals surface area (Å²) >= 11 is 0. The summed E-state index contributed by atoms with van der Waals surface area (Å²) in [7, 11) is 0. The Balaban J connectivity index is 0. The van der Waals surface area contributed by atoms with Crippen LogP contribution in [0.2, 0.25) is 0 Å². The third-order valence-electron chi connectivity index (χ3n) is 0.526. The molecule has 0 aliphatic carbocycles. The Morgan fingerprint density at radius 1 is 1.60 bits per heavy atom.